The van der Waals surface area contributed by atoms with Crippen molar-refractivity contribution in [1.82, 2.24) is 0 Å². The van der Waals surface area contributed by atoms with Crippen LogP contribution in [0.15, 0.2) is 36.4 Å². The van der Waals surface area contributed by atoms with Gasteiger partial charge in [0, 0.05) is 30.9 Å². The Bertz CT molecular complexity index is 1330. The summed E-state index contributed by atoms with van der Waals surface area (Å²) in [7, 11) is -0.357. The predicted molar refractivity (Wildman–Crippen MR) is 144 cm³/mol. The first-order valence-electron chi connectivity index (χ1n) is 13.0. The van der Waals surface area contributed by atoms with Crippen molar-refractivity contribution in [1.29, 1.82) is 5.26 Å². The molecule has 2 bridgehead atoms. The summed E-state index contributed by atoms with van der Waals surface area (Å²) < 4.78 is 19.0. The highest BCUT2D eigenvalue weighted by atomic mass is 28.4. The molecule has 2 aromatic rings. The van der Waals surface area contributed by atoms with E-state index in [0.717, 1.165) is 5.39 Å². The molecule has 3 aliphatic heterocycles. The molecule has 3 aliphatic rings. The van der Waals surface area contributed by atoms with Crippen LogP contribution in [0.5, 0.6) is 0 Å². The largest absolute Gasteiger partial charge is 0.417 e. The Morgan fingerprint density at radius 2 is 1.76 bits per heavy atom. The molecule has 8 heteroatoms. The standard InChI is InChI=1S/C29H36N2O5Si/c1-27(2,3)37(6,7)35-15-14-29-16-22(34-5)28(4,36-29)23-24(29)26(33)31(25(23)32)21-13-12-18(17-30)19-10-8-9-11-20(19)21/h8-13,22-24H,14-16H2,1-7H3/t22-,23-,24+,28-,29+/m0/s1. The van der Waals surface area contributed by atoms with E-state index >= 15 is 0 Å². The zero-order valence-corrected chi connectivity index (χ0v) is 23.8. The Balaban J connectivity index is 1.53. The Morgan fingerprint density at radius 3 is 2.38 bits per heavy atom. The number of rotatable bonds is 6. The van der Waals surface area contributed by atoms with E-state index in [0.29, 0.717) is 36.1 Å². The lowest BCUT2D eigenvalue weighted by Gasteiger charge is -2.38. The number of hydrogen-bond acceptors (Lipinski definition) is 6. The Kier molecular flexibility index (Phi) is 5.96. The lowest BCUT2D eigenvalue weighted by molar-refractivity contribution is -0.135. The minimum Gasteiger partial charge on any atom is -0.417 e. The predicted octanol–water partition coefficient (Wildman–Crippen LogP) is 5.18. The van der Waals surface area contributed by atoms with Crippen LogP contribution in [0.4, 0.5) is 5.69 Å². The first kappa shape index (κ1) is 26.1. The van der Waals surface area contributed by atoms with E-state index in [1.165, 1.54) is 4.90 Å². The summed E-state index contributed by atoms with van der Waals surface area (Å²) >= 11 is 0. The molecule has 0 spiro atoms. The lowest BCUT2D eigenvalue weighted by Crippen LogP contribution is -2.50. The van der Waals surface area contributed by atoms with Crippen molar-refractivity contribution in [3.05, 3.63) is 42.0 Å². The zero-order valence-electron chi connectivity index (χ0n) is 22.8. The number of benzene rings is 2. The van der Waals surface area contributed by atoms with Crippen LogP contribution < -0.4 is 4.90 Å². The van der Waals surface area contributed by atoms with Crippen molar-refractivity contribution < 1.29 is 23.5 Å². The topological polar surface area (TPSA) is 88.9 Å². The van der Waals surface area contributed by atoms with Crippen LogP contribution in [0.1, 0.15) is 46.1 Å². The third kappa shape index (κ3) is 3.63. The maximum absolute atomic E-state index is 14.1. The summed E-state index contributed by atoms with van der Waals surface area (Å²) in [6, 6.07) is 13.0. The molecule has 3 heterocycles. The average molecular weight is 521 g/mol. The molecule has 0 aliphatic carbocycles. The second-order valence-electron chi connectivity index (χ2n) is 12.4. The quantitative estimate of drug-likeness (QED) is 0.385. The fourth-order valence-electron chi connectivity index (χ4n) is 6.43. The van der Waals surface area contributed by atoms with Crippen molar-refractivity contribution in [2.24, 2.45) is 11.8 Å². The second kappa shape index (κ2) is 8.47. The average Bonchev–Trinajstić information content (AvgIpc) is 3.39. The Labute approximate surface area is 219 Å². The summed E-state index contributed by atoms with van der Waals surface area (Å²) in [5.41, 5.74) is -0.705. The molecule has 196 valence electrons. The van der Waals surface area contributed by atoms with Gasteiger partial charge < -0.3 is 13.9 Å². The van der Waals surface area contributed by atoms with Gasteiger partial charge in [-0.3, -0.25) is 9.59 Å². The van der Waals surface area contributed by atoms with Crippen LogP contribution in [0, 0.1) is 23.2 Å². The Hall–Kier alpha value is -2.57. The summed E-state index contributed by atoms with van der Waals surface area (Å²) in [4.78, 5) is 29.5. The highest BCUT2D eigenvalue weighted by Crippen LogP contribution is 2.63. The summed E-state index contributed by atoms with van der Waals surface area (Å²) in [6.07, 6.45) is 0.774. The van der Waals surface area contributed by atoms with Gasteiger partial charge in [-0.1, -0.05) is 45.0 Å². The molecular formula is C29H36N2O5Si. The van der Waals surface area contributed by atoms with Gasteiger partial charge in [-0.25, -0.2) is 4.90 Å². The molecule has 0 aromatic heterocycles. The van der Waals surface area contributed by atoms with Gasteiger partial charge in [-0.2, -0.15) is 5.26 Å². The number of nitrogens with zero attached hydrogens (tertiary/aromatic N) is 2. The molecular weight excluding hydrogens is 484 g/mol. The zero-order chi connectivity index (χ0) is 27.0. The summed E-state index contributed by atoms with van der Waals surface area (Å²) in [6.45, 7) is 13.4. The number of anilines is 1. The number of imide groups is 1. The number of methoxy groups -OCH3 is 1. The second-order valence-corrected chi connectivity index (χ2v) is 17.2. The van der Waals surface area contributed by atoms with Gasteiger partial charge in [-0.05, 0) is 43.6 Å². The van der Waals surface area contributed by atoms with E-state index in [9.17, 15) is 14.9 Å². The fraction of sp³-hybridized carbons (Fsp3) is 0.552. The van der Waals surface area contributed by atoms with Crippen LogP contribution in [-0.4, -0.2) is 51.2 Å². The van der Waals surface area contributed by atoms with Crippen molar-refractivity contribution in [2.45, 2.75) is 76.0 Å². The van der Waals surface area contributed by atoms with Crippen LogP contribution >= 0.6 is 0 Å². The molecule has 2 amide bonds. The highest BCUT2D eigenvalue weighted by molar-refractivity contribution is 6.74. The Morgan fingerprint density at radius 1 is 1.11 bits per heavy atom. The third-order valence-corrected chi connectivity index (χ3v) is 14.0. The first-order chi connectivity index (χ1) is 17.3. The maximum Gasteiger partial charge on any atom is 0.240 e. The number of hydrogen-bond donors (Lipinski definition) is 0. The number of amides is 2. The van der Waals surface area contributed by atoms with Crippen molar-refractivity contribution in [2.75, 3.05) is 18.6 Å². The monoisotopic (exact) mass is 520 g/mol. The fourth-order valence-corrected chi connectivity index (χ4v) is 7.47. The third-order valence-electron chi connectivity index (χ3n) is 9.43. The summed E-state index contributed by atoms with van der Waals surface area (Å²) in [5, 5.41) is 11.1. The van der Waals surface area contributed by atoms with E-state index in [4.69, 9.17) is 13.9 Å². The number of ether oxygens (including phenoxy) is 2. The van der Waals surface area contributed by atoms with Crippen LogP contribution in [-0.2, 0) is 23.5 Å². The number of nitriles is 1. The SMILES string of the molecule is CO[C@H]1C[C@@]2(CCO[Si](C)(C)C(C)(C)C)O[C@]1(C)[C@@H]1C(=O)N(c3ccc(C#N)c4ccccc34)C(=O)[C@@H]12. The molecule has 0 unspecified atom stereocenters. The number of carbonyl (C=O) groups excluding carboxylic acids is 2. The van der Waals surface area contributed by atoms with Crippen LogP contribution in [0.3, 0.4) is 0 Å². The molecule has 7 nitrogen and oxygen atoms in total. The van der Waals surface area contributed by atoms with Gasteiger partial charge in [0.05, 0.1) is 40.9 Å². The molecule has 0 saturated carbocycles. The van der Waals surface area contributed by atoms with Crippen molar-refractivity contribution in [3.8, 4) is 6.07 Å². The molecule has 5 rings (SSSR count). The normalized spacial score (nSPS) is 31.3. The molecule has 3 saturated heterocycles. The van der Waals surface area contributed by atoms with Gasteiger partial charge in [0.2, 0.25) is 11.8 Å². The van der Waals surface area contributed by atoms with Gasteiger partial charge in [-0.15, -0.1) is 0 Å². The van der Waals surface area contributed by atoms with E-state index in [1.54, 1.807) is 19.2 Å². The number of fused-ring (bicyclic) bond motifs is 6. The van der Waals surface area contributed by atoms with Crippen LogP contribution in [0.25, 0.3) is 10.8 Å². The smallest absolute Gasteiger partial charge is 0.240 e. The van der Waals surface area contributed by atoms with Crippen LogP contribution in [0.2, 0.25) is 18.1 Å². The molecule has 2 aromatic carbocycles. The molecule has 0 radical (unpaired) electrons. The van der Waals surface area contributed by atoms with Crippen molar-refractivity contribution in [3.63, 3.8) is 0 Å². The van der Waals surface area contributed by atoms with E-state index in [2.05, 4.69) is 39.9 Å². The van der Waals surface area contributed by atoms with Gasteiger partial charge in [0.1, 0.15) is 5.60 Å². The lowest BCUT2D eigenvalue weighted by atomic mass is 9.66. The molecule has 37 heavy (non-hydrogen) atoms. The van der Waals surface area contributed by atoms with E-state index in [-0.39, 0.29) is 23.0 Å². The van der Waals surface area contributed by atoms with E-state index in [1.807, 2.05) is 31.2 Å². The number of carbonyl (C=O) groups is 2. The molecule has 5 atom stereocenters. The van der Waals surface area contributed by atoms with Gasteiger partial charge >= 0.3 is 0 Å². The molecule has 0 N–H and O–H groups in total. The molecule has 3 fully saturated rings. The minimum atomic E-state index is -2.00. The highest BCUT2D eigenvalue weighted by Gasteiger charge is 2.77. The van der Waals surface area contributed by atoms with Gasteiger partial charge in [0.25, 0.3) is 0 Å². The first-order valence-corrected chi connectivity index (χ1v) is 15.9. The maximum atomic E-state index is 14.1. The summed E-state index contributed by atoms with van der Waals surface area (Å²) in [5.74, 6) is -1.74. The van der Waals surface area contributed by atoms with Gasteiger partial charge in [0.15, 0.2) is 8.32 Å². The van der Waals surface area contributed by atoms with Crippen molar-refractivity contribution >= 4 is 36.6 Å². The minimum absolute atomic E-state index is 0.0651. The van der Waals surface area contributed by atoms with E-state index < -0.39 is 31.4 Å².